The highest BCUT2D eigenvalue weighted by Crippen LogP contribution is 2.36. The molecule has 0 radical (unpaired) electrons. The van der Waals surface area contributed by atoms with E-state index in [1.54, 1.807) is 37.3 Å². The maximum atomic E-state index is 13.0. The summed E-state index contributed by atoms with van der Waals surface area (Å²) in [5, 5.41) is 13.0. The Labute approximate surface area is 179 Å². The number of ether oxygens (including phenoxy) is 1. The molecule has 1 fully saturated rings. The molecule has 2 aromatic rings. The molecule has 0 spiro atoms. The van der Waals surface area contributed by atoms with Crippen LogP contribution in [0.1, 0.15) is 12.5 Å². The van der Waals surface area contributed by atoms with Gasteiger partial charge in [0.25, 0.3) is 11.8 Å². The minimum atomic E-state index is -0.609. The molecule has 1 heterocycles. The molecule has 0 bridgehead atoms. The maximum Gasteiger partial charge on any atom is 0.270 e. The summed E-state index contributed by atoms with van der Waals surface area (Å²) in [5.41, 5.74) is 0.867. The molecule has 28 heavy (non-hydrogen) atoms. The van der Waals surface area contributed by atoms with E-state index in [0.29, 0.717) is 27.4 Å². The van der Waals surface area contributed by atoms with Gasteiger partial charge in [0.05, 0.1) is 16.8 Å². The monoisotopic (exact) mass is 480 g/mol. The van der Waals surface area contributed by atoms with Gasteiger partial charge in [-0.25, -0.2) is 0 Å². The molecule has 0 aromatic heterocycles. The van der Waals surface area contributed by atoms with Gasteiger partial charge in [0, 0.05) is 5.02 Å². The fraction of sp³-hybridized carbons (Fsp3) is 0.105. The van der Waals surface area contributed by atoms with Gasteiger partial charge in [-0.15, -0.1) is 0 Å². The first-order chi connectivity index (χ1) is 13.3. The van der Waals surface area contributed by atoms with Crippen LogP contribution in [0.15, 0.2) is 46.4 Å². The van der Waals surface area contributed by atoms with E-state index in [-0.39, 0.29) is 22.2 Å². The SMILES string of the molecule is CCOc1cc(/C=C2\C(=O)NC(=S)N(c3ccc(Cl)cc3)C2=O)cc(Br)c1O. The number of nitrogens with one attached hydrogen (secondary N) is 1. The predicted molar refractivity (Wildman–Crippen MR) is 115 cm³/mol. The number of anilines is 1. The Hall–Kier alpha value is -2.42. The molecule has 2 N–H and O–H groups in total. The number of nitrogens with zero attached hydrogens (tertiary/aromatic N) is 1. The quantitative estimate of drug-likeness (QED) is 0.391. The van der Waals surface area contributed by atoms with Crippen molar-refractivity contribution in [3.8, 4) is 11.5 Å². The summed E-state index contributed by atoms with van der Waals surface area (Å²) >= 11 is 14.3. The Morgan fingerprint density at radius 1 is 1.29 bits per heavy atom. The first kappa shape index (κ1) is 20.3. The first-order valence-electron chi connectivity index (χ1n) is 8.14. The largest absolute Gasteiger partial charge is 0.503 e. The number of carbonyl (C=O) groups is 2. The Bertz CT molecular complexity index is 1010. The van der Waals surface area contributed by atoms with Gasteiger partial charge in [0.15, 0.2) is 16.6 Å². The Morgan fingerprint density at radius 2 is 1.96 bits per heavy atom. The third-order valence-electron chi connectivity index (χ3n) is 3.85. The maximum absolute atomic E-state index is 13.0. The summed E-state index contributed by atoms with van der Waals surface area (Å²) in [7, 11) is 0. The van der Waals surface area contributed by atoms with Gasteiger partial charge >= 0.3 is 0 Å². The number of carbonyl (C=O) groups excluding carboxylic acids is 2. The molecule has 6 nitrogen and oxygen atoms in total. The number of halogens is 2. The van der Waals surface area contributed by atoms with E-state index >= 15 is 0 Å². The lowest BCUT2D eigenvalue weighted by molar-refractivity contribution is -0.122. The van der Waals surface area contributed by atoms with E-state index in [4.69, 9.17) is 28.6 Å². The van der Waals surface area contributed by atoms with Crippen LogP contribution in [0, 0.1) is 0 Å². The number of benzene rings is 2. The van der Waals surface area contributed by atoms with Crippen LogP contribution in [0.4, 0.5) is 5.69 Å². The number of thiocarbonyl (C=S) groups is 1. The van der Waals surface area contributed by atoms with Crippen molar-refractivity contribution in [2.24, 2.45) is 0 Å². The van der Waals surface area contributed by atoms with E-state index in [2.05, 4.69) is 21.2 Å². The number of phenolic OH excluding ortho intramolecular Hbond substituents is 1. The normalized spacial score (nSPS) is 15.8. The van der Waals surface area contributed by atoms with Gasteiger partial charge in [0.1, 0.15) is 5.57 Å². The van der Waals surface area contributed by atoms with E-state index in [9.17, 15) is 14.7 Å². The van der Waals surface area contributed by atoms with E-state index in [1.807, 2.05) is 0 Å². The van der Waals surface area contributed by atoms with E-state index < -0.39 is 11.8 Å². The first-order valence-corrected chi connectivity index (χ1v) is 9.72. The van der Waals surface area contributed by atoms with Crippen molar-refractivity contribution in [1.82, 2.24) is 5.32 Å². The highest BCUT2D eigenvalue weighted by molar-refractivity contribution is 9.10. The standard InChI is InChI=1S/C19H14BrClN2O4S/c1-2-27-15-9-10(8-14(20)16(15)24)7-13-17(25)22-19(28)23(18(13)26)12-5-3-11(21)4-6-12/h3-9,24H,2H2,1H3,(H,22,25,28)/b13-7+. The van der Waals surface area contributed by atoms with Gasteiger partial charge in [0.2, 0.25) is 0 Å². The average Bonchev–Trinajstić information content (AvgIpc) is 2.64. The molecule has 1 aliphatic rings. The van der Waals surface area contributed by atoms with Crippen molar-refractivity contribution in [2.75, 3.05) is 11.5 Å². The molecule has 0 aliphatic carbocycles. The van der Waals surface area contributed by atoms with Crippen LogP contribution in [0.5, 0.6) is 11.5 Å². The zero-order chi connectivity index (χ0) is 20.4. The second-order valence-corrected chi connectivity index (χ2v) is 7.39. The van der Waals surface area contributed by atoms with Crippen molar-refractivity contribution in [3.63, 3.8) is 0 Å². The number of phenols is 1. The highest BCUT2D eigenvalue weighted by atomic mass is 79.9. The highest BCUT2D eigenvalue weighted by Gasteiger charge is 2.34. The summed E-state index contributed by atoms with van der Waals surface area (Å²) in [4.78, 5) is 26.6. The third kappa shape index (κ3) is 4.04. The molecule has 0 saturated carbocycles. The summed E-state index contributed by atoms with van der Waals surface area (Å²) in [6, 6.07) is 9.62. The molecule has 0 unspecified atom stereocenters. The lowest BCUT2D eigenvalue weighted by Crippen LogP contribution is -2.54. The zero-order valence-corrected chi connectivity index (χ0v) is 17.7. The van der Waals surface area contributed by atoms with Gasteiger partial charge in [-0.3, -0.25) is 19.8 Å². The number of amides is 2. The summed E-state index contributed by atoms with van der Waals surface area (Å²) in [5.74, 6) is -1.01. The number of aromatic hydroxyl groups is 1. The van der Waals surface area contributed by atoms with E-state index in [1.165, 1.54) is 17.0 Å². The topological polar surface area (TPSA) is 78.9 Å². The fourth-order valence-electron chi connectivity index (χ4n) is 2.59. The summed E-state index contributed by atoms with van der Waals surface area (Å²) < 4.78 is 5.76. The third-order valence-corrected chi connectivity index (χ3v) is 4.99. The second kappa shape index (κ2) is 8.30. The molecule has 2 aromatic carbocycles. The van der Waals surface area contributed by atoms with Crippen molar-refractivity contribution < 1.29 is 19.4 Å². The number of hydrogen-bond donors (Lipinski definition) is 2. The lowest BCUT2D eigenvalue weighted by Gasteiger charge is -2.29. The molecule has 0 atom stereocenters. The molecule has 9 heteroatoms. The molecule has 2 amide bonds. The minimum absolute atomic E-state index is 0.0173. The Kier molecular flexibility index (Phi) is 6.02. The summed E-state index contributed by atoms with van der Waals surface area (Å²) in [6.45, 7) is 2.12. The fourth-order valence-corrected chi connectivity index (χ4v) is 3.46. The molecular weight excluding hydrogens is 468 g/mol. The molecule has 1 aliphatic heterocycles. The molecule has 3 rings (SSSR count). The van der Waals surface area contributed by atoms with Gasteiger partial charge < -0.3 is 9.84 Å². The molecule has 144 valence electrons. The van der Waals surface area contributed by atoms with Crippen molar-refractivity contribution in [2.45, 2.75) is 6.92 Å². The number of hydrogen-bond acceptors (Lipinski definition) is 5. The van der Waals surface area contributed by atoms with Crippen LogP contribution < -0.4 is 15.0 Å². The predicted octanol–water partition coefficient (Wildman–Crippen LogP) is 4.04. The van der Waals surface area contributed by atoms with Crippen LogP contribution in [-0.4, -0.2) is 28.6 Å². The van der Waals surface area contributed by atoms with Crippen molar-refractivity contribution in [1.29, 1.82) is 0 Å². The van der Waals surface area contributed by atoms with Crippen LogP contribution in [0.3, 0.4) is 0 Å². The van der Waals surface area contributed by atoms with Crippen molar-refractivity contribution >= 4 is 68.4 Å². The molecule has 1 saturated heterocycles. The number of rotatable bonds is 4. The second-order valence-electron chi connectivity index (χ2n) is 5.72. The summed E-state index contributed by atoms with van der Waals surface area (Å²) in [6.07, 6.45) is 1.41. The Balaban J connectivity index is 2.03. The van der Waals surface area contributed by atoms with E-state index in [0.717, 1.165) is 0 Å². The van der Waals surface area contributed by atoms with Gasteiger partial charge in [-0.05, 0) is 83.1 Å². The van der Waals surface area contributed by atoms with Gasteiger partial charge in [-0.1, -0.05) is 11.6 Å². The van der Waals surface area contributed by atoms with Gasteiger partial charge in [-0.2, -0.15) is 0 Å². The average molecular weight is 482 g/mol. The van der Waals surface area contributed by atoms with Crippen LogP contribution in [-0.2, 0) is 9.59 Å². The zero-order valence-electron chi connectivity index (χ0n) is 14.5. The van der Waals surface area contributed by atoms with Crippen LogP contribution >= 0.6 is 39.7 Å². The molecular formula is C19H14BrClN2O4S. The Morgan fingerprint density at radius 3 is 2.61 bits per heavy atom. The lowest BCUT2D eigenvalue weighted by atomic mass is 10.1. The van der Waals surface area contributed by atoms with Crippen molar-refractivity contribution in [3.05, 3.63) is 57.0 Å². The van der Waals surface area contributed by atoms with Crippen LogP contribution in [0.2, 0.25) is 5.02 Å². The van der Waals surface area contributed by atoms with Crippen LogP contribution in [0.25, 0.3) is 6.08 Å². The smallest absolute Gasteiger partial charge is 0.270 e. The minimum Gasteiger partial charge on any atom is -0.503 e.